The van der Waals surface area contributed by atoms with Crippen molar-refractivity contribution in [2.75, 3.05) is 16.4 Å². The summed E-state index contributed by atoms with van der Waals surface area (Å²) in [6.07, 6.45) is 2.37. The molecule has 0 radical (unpaired) electrons. The second-order valence-electron chi connectivity index (χ2n) is 8.16. The molecule has 1 saturated heterocycles. The number of halogens is 2. The molecule has 0 bridgehead atoms. The molecule has 2 fully saturated rings. The van der Waals surface area contributed by atoms with E-state index in [1.54, 1.807) is 72.8 Å². The van der Waals surface area contributed by atoms with Crippen LogP contribution in [0.15, 0.2) is 81.7 Å². The number of rotatable bonds is 6. The molecule has 1 aliphatic heterocycles. The number of carbonyl (C=O) groups excluding carboxylic acids is 2. The molecule has 3 aromatic rings. The summed E-state index contributed by atoms with van der Waals surface area (Å²) in [5.74, 6) is 0.519. The van der Waals surface area contributed by atoms with Crippen LogP contribution in [0.2, 0.25) is 0 Å². The lowest BCUT2D eigenvalue weighted by Gasteiger charge is -2.30. The SMILES string of the molecule is O=C1N(c2ccc(Br)cc2)C(=O)C(O)(c2ccc(OCC3CC3)cc2)N1c1ccc(Br)cc1. The van der Waals surface area contributed by atoms with E-state index in [4.69, 9.17) is 4.74 Å². The molecule has 3 aromatic carbocycles. The Balaban J connectivity index is 1.56. The Kier molecular flexibility index (Phi) is 5.76. The first-order valence-electron chi connectivity index (χ1n) is 10.5. The minimum Gasteiger partial charge on any atom is -0.493 e. The number of amides is 3. The molecule has 0 spiro atoms. The number of anilines is 2. The van der Waals surface area contributed by atoms with Crippen LogP contribution in [0.4, 0.5) is 16.2 Å². The summed E-state index contributed by atoms with van der Waals surface area (Å²) in [7, 11) is 0. The summed E-state index contributed by atoms with van der Waals surface area (Å²) < 4.78 is 7.41. The third kappa shape index (κ3) is 4.07. The standard InChI is InChI=1S/C25H20Br2N2O4/c26-18-5-9-20(10-6-18)28-23(30)25(32,29(24(28)31)21-11-7-19(27)8-12-21)17-3-13-22(14-4-17)33-15-16-1-2-16/h3-14,16,32H,1-2,15H2. The van der Waals surface area contributed by atoms with Crippen molar-refractivity contribution in [1.82, 2.24) is 0 Å². The fourth-order valence-corrected chi connectivity index (χ4v) is 4.35. The van der Waals surface area contributed by atoms with E-state index in [2.05, 4.69) is 31.9 Å². The van der Waals surface area contributed by atoms with Gasteiger partial charge in [0.2, 0.25) is 0 Å². The van der Waals surface area contributed by atoms with Gasteiger partial charge in [-0.25, -0.2) is 9.69 Å². The van der Waals surface area contributed by atoms with Crippen molar-refractivity contribution in [3.05, 3.63) is 87.3 Å². The first kappa shape index (κ1) is 22.1. The molecule has 8 heteroatoms. The predicted octanol–water partition coefficient (Wildman–Crippen LogP) is 5.82. The van der Waals surface area contributed by atoms with Crippen LogP contribution in [0.3, 0.4) is 0 Å². The van der Waals surface area contributed by atoms with Crippen molar-refractivity contribution in [3.63, 3.8) is 0 Å². The number of hydrogen-bond acceptors (Lipinski definition) is 4. The average molecular weight is 572 g/mol. The van der Waals surface area contributed by atoms with Gasteiger partial charge in [0, 0.05) is 20.2 Å². The first-order valence-corrected chi connectivity index (χ1v) is 12.1. The second-order valence-corrected chi connectivity index (χ2v) is 9.99. The fraction of sp³-hybridized carbons (Fsp3) is 0.200. The monoisotopic (exact) mass is 570 g/mol. The highest BCUT2D eigenvalue weighted by atomic mass is 79.9. The van der Waals surface area contributed by atoms with Gasteiger partial charge in [-0.1, -0.05) is 31.9 Å². The Morgan fingerprint density at radius 1 is 0.848 bits per heavy atom. The maximum absolute atomic E-state index is 13.6. The van der Waals surface area contributed by atoms with Crippen LogP contribution in [-0.4, -0.2) is 23.7 Å². The molecule has 2 aliphatic rings. The van der Waals surface area contributed by atoms with Crippen molar-refractivity contribution < 1.29 is 19.4 Å². The van der Waals surface area contributed by atoms with Gasteiger partial charge in [-0.2, -0.15) is 0 Å². The van der Waals surface area contributed by atoms with Gasteiger partial charge in [-0.15, -0.1) is 0 Å². The highest BCUT2D eigenvalue weighted by Crippen LogP contribution is 2.42. The van der Waals surface area contributed by atoms with Gasteiger partial charge in [0.05, 0.1) is 12.3 Å². The zero-order valence-corrected chi connectivity index (χ0v) is 20.6. The summed E-state index contributed by atoms with van der Waals surface area (Å²) in [6.45, 7) is 0.656. The Bertz CT molecular complexity index is 1190. The number of ether oxygens (including phenoxy) is 1. The van der Waals surface area contributed by atoms with Crippen molar-refractivity contribution in [2.45, 2.75) is 18.6 Å². The molecule has 5 rings (SSSR count). The number of carbonyl (C=O) groups is 2. The molecule has 3 amide bonds. The molecule has 1 atom stereocenters. The highest BCUT2D eigenvalue weighted by Gasteiger charge is 2.59. The molecule has 1 aliphatic carbocycles. The van der Waals surface area contributed by atoms with Crippen LogP contribution >= 0.6 is 31.9 Å². The third-order valence-electron chi connectivity index (χ3n) is 5.82. The lowest BCUT2D eigenvalue weighted by molar-refractivity contribution is -0.133. The number of nitrogens with zero attached hydrogens (tertiary/aromatic N) is 2. The van der Waals surface area contributed by atoms with Crippen LogP contribution in [0.5, 0.6) is 5.75 Å². The van der Waals surface area contributed by atoms with Gasteiger partial charge < -0.3 is 9.84 Å². The minimum atomic E-state index is -2.22. The molecule has 33 heavy (non-hydrogen) atoms. The van der Waals surface area contributed by atoms with E-state index in [-0.39, 0.29) is 5.56 Å². The third-order valence-corrected chi connectivity index (χ3v) is 6.87. The minimum absolute atomic E-state index is 0.280. The van der Waals surface area contributed by atoms with Gasteiger partial charge in [0.15, 0.2) is 0 Å². The van der Waals surface area contributed by atoms with E-state index in [0.29, 0.717) is 29.6 Å². The van der Waals surface area contributed by atoms with Crippen LogP contribution in [-0.2, 0) is 10.5 Å². The van der Waals surface area contributed by atoms with Crippen LogP contribution in [0.1, 0.15) is 18.4 Å². The molecule has 1 heterocycles. The second kappa shape index (κ2) is 8.59. The maximum Gasteiger partial charge on any atom is 0.339 e. The van der Waals surface area contributed by atoms with Crippen molar-refractivity contribution in [2.24, 2.45) is 5.92 Å². The van der Waals surface area contributed by atoms with Gasteiger partial charge in [0.1, 0.15) is 5.75 Å². The van der Waals surface area contributed by atoms with Crippen molar-refractivity contribution in [1.29, 1.82) is 0 Å². The summed E-state index contributed by atoms with van der Waals surface area (Å²) in [5.41, 5.74) is -1.17. The number of imide groups is 1. The van der Waals surface area contributed by atoms with Crippen LogP contribution in [0, 0.1) is 5.92 Å². The van der Waals surface area contributed by atoms with Crippen LogP contribution < -0.4 is 14.5 Å². The summed E-state index contributed by atoms with van der Waals surface area (Å²) in [6, 6.07) is 19.7. The molecular weight excluding hydrogens is 552 g/mol. The van der Waals surface area contributed by atoms with E-state index in [1.807, 2.05) is 0 Å². The lowest BCUT2D eigenvalue weighted by atomic mass is 10.00. The van der Waals surface area contributed by atoms with Gasteiger partial charge >= 0.3 is 6.03 Å². The van der Waals surface area contributed by atoms with Crippen LogP contribution in [0.25, 0.3) is 0 Å². The van der Waals surface area contributed by atoms with Crippen molar-refractivity contribution >= 4 is 55.2 Å². The predicted molar refractivity (Wildman–Crippen MR) is 132 cm³/mol. The van der Waals surface area contributed by atoms with Gasteiger partial charge in [-0.3, -0.25) is 9.69 Å². The molecule has 1 N–H and O–H groups in total. The number of hydrogen-bond donors (Lipinski definition) is 1. The topological polar surface area (TPSA) is 70.1 Å². The lowest BCUT2D eigenvalue weighted by Crippen LogP contribution is -2.47. The quantitative estimate of drug-likeness (QED) is 0.379. The molecule has 0 aromatic heterocycles. The zero-order chi connectivity index (χ0) is 23.2. The normalized spacial score (nSPS) is 20.5. The average Bonchev–Trinajstić information content (AvgIpc) is 3.62. The molecule has 6 nitrogen and oxygen atoms in total. The Hall–Kier alpha value is -2.68. The fourth-order valence-electron chi connectivity index (χ4n) is 3.82. The Morgan fingerprint density at radius 3 is 1.94 bits per heavy atom. The van der Waals surface area contributed by atoms with E-state index >= 15 is 0 Å². The number of aliphatic hydroxyl groups is 1. The highest BCUT2D eigenvalue weighted by molar-refractivity contribution is 9.10. The number of urea groups is 1. The summed E-state index contributed by atoms with van der Waals surface area (Å²) in [5, 5.41) is 11.8. The Morgan fingerprint density at radius 2 is 1.39 bits per heavy atom. The van der Waals surface area contributed by atoms with E-state index in [0.717, 1.165) is 18.7 Å². The Labute approximate surface area is 208 Å². The van der Waals surface area contributed by atoms with E-state index in [9.17, 15) is 14.7 Å². The van der Waals surface area contributed by atoms with Gasteiger partial charge in [-0.05, 0) is 91.6 Å². The molecule has 1 unspecified atom stereocenters. The zero-order valence-electron chi connectivity index (χ0n) is 17.4. The summed E-state index contributed by atoms with van der Waals surface area (Å²) in [4.78, 5) is 29.3. The summed E-state index contributed by atoms with van der Waals surface area (Å²) >= 11 is 6.75. The molecule has 168 valence electrons. The van der Waals surface area contributed by atoms with E-state index in [1.165, 1.54) is 12.8 Å². The number of benzene rings is 3. The smallest absolute Gasteiger partial charge is 0.339 e. The van der Waals surface area contributed by atoms with E-state index < -0.39 is 17.7 Å². The van der Waals surface area contributed by atoms with Gasteiger partial charge in [0.25, 0.3) is 11.6 Å². The molecule has 1 saturated carbocycles. The maximum atomic E-state index is 13.6. The largest absolute Gasteiger partial charge is 0.493 e. The first-order chi connectivity index (χ1) is 15.9. The molecular formula is C25H20Br2N2O4. The van der Waals surface area contributed by atoms with Crippen molar-refractivity contribution in [3.8, 4) is 5.75 Å².